The smallest absolute Gasteiger partial charge is 0.257 e. The Labute approximate surface area is 165 Å². The molecule has 4 nitrogen and oxygen atoms in total. The Hall–Kier alpha value is -2.53. The molecule has 1 amide bonds. The van der Waals surface area contributed by atoms with Crippen LogP contribution in [0.1, 0.15) is 48.4 Å². The van der Waals surface area contributed by atoms with Crippen LogP contribution in [0.5, 0.6) is 0 Å². The first-order valence-corrected chi connectivity index (χ1v) is 10.0. The molecule has 0 N–H and O–H groups in total. The van der Waals surface area contributed by atoms with Gasteiger partial charge in [0, 0.05) is 6.42 Å². The highest BCUT2D eigenvalue weighted by Crippen LogP contribution is 2.34. The van der Waals surface area contributed by atoms with Gasteiger partial charge in [-0.2, -0.15) is 5.10 Å². The van der Waals surface area contributed by atoms with E-state index in [0.717, 1.165) is 48.3 Å². The lowest BCUT2D eigenvalue weighted by Crippen LogP contribution is -2.40. The van der Waals surface area contributed by atoms with Crippen molar-refractivity contribution in [1.29, 1.82) is 0 Å². The largest absolute Gasteiger partial charge is 0.294 e. The first-order valence-electron chi connectivity index (χ1n) is 10.0. The van der Waals surface area contributed by atoms with Gasteiger partial charge in [0.25, 0.3) is 5.91 Å². The van der Waals surface area contributed by atoms with E-state index in [1.165, 1.54) is 18.6 Å². The van der Waals surface area contributed by atoms with Gasteiger partial charge in [0.15, 0.2) is 0 Å². The van der Waals surface area contributed by atoms with Crippen LogP contribution in [0.2, 0.25) is 0 Å². The zero-order chi connectivity index (χ0) is 19.5. The minimum Gasteiger partial charge on any atom is -0.294 e. The van der Waals surface area contributed by atoms with Crippen LogP contribution in [0.4, 0.5) is 4.39 Å². The first kappa shape index (κ1) is 18.8. The number of benzene rings is 2. The van der Waals surface area contributed by atoms with E-state index >= 15 is 0 Å². The normalized spacial score (nSPS) is 20.3. The Balaban J connectivity index is 1.62. The molecular formula is C23H26FN3O. The van der Waals surface area contributed by atoms with Crippen molar-refractivity contribution in [2.45, 2.75) is 38.6 Å². The second-order valence-electron chi connectivity index (χ2n) is 7.71. The molecule has 146 valence electrons. The van der Waals surface area contributed by atoms with E-state index in [0.29, 0.717) is 13.0 Å². The van der Waals surface area contributed by atoms with Crippen LogP contribution >= 0.6 is 0 Å². The highest BCUT2D eigenvalue weighted by atomic mass is 19.1. The maximum atomic E-state index is 13.3. The van der Waals surface area contributed by atoms with E-state index < -0.39 is 0 Å². The maximum Gasteiger partial charge on any atom is 0.257 e. The van der Waals surface area contributed by atoms with Crippen LogP contribution in [0, 0.1) is 12.7 Å². The molecule has 2 aromatic carbocycles. The molecule has 0 aliphatic carbocycles. The van der Waals surface area contributed by atoms with Gasteiger partial charge in [-0.15, -0.1) is 0 Å². The molecule has 0 spiro atoms. The van der Waals surface area contributed by atoms with Crippen molar-refractivity contribution >= 4 is 11.6 Å². The molecule has 28 heavy (non-hydrogen) atoms. The second-order valence-corrected chi connectivity index (χ2v) is 7.71. The lowest BCUT2D eigenvalue weighted by molar-refractivity contribution is -0.134. The Kier molecular flexibility index (Phi) is 5.53. The standard InChI is InChI=1S/C23H26FN3O/c1-17-7-3-4-8-20(17)22-15-21(18-9-11-19(24)12-10-18)25-27(22)23(28)16-26-13-5-2-6-14-26/h3-4,7-12,22H,2,5-6,13-16H2,1H3/t22-/m1/s1. The Morgan fingerprint density at radius 3 is 2.50 bits per heavy atom. The number of aryl methyl sites for hydroxylation is 1. The number of carbonyl (C=O) groups is 1. The van der Waals surface area contributed by atoms with E-state index in [1.807, 2.05) is 12.1 Å². The number of hydrogen-bond acceptors (Lipinski definition) is 3. The van der Waals surface area contributed by atoms with Gasteiger partial charge in [0.1, 0.15) is 5.82 Å². The number of rotatable bonds is 4. The van der Waals surface area contributed by atoms with Crippen LogP contribution in [0.15, 0.2) is 53.6 Å². The number of hydrogen-bond donors (Lipinski definition) is 0. The molecule has 2 aromatic rings. The number of halogens is 1. The van der Waals surface area contributed by atoms with Gasteiger partial charge in [0.05, 0.1) is 18.3 Å². The minimum absolute atomic E-state index is 0.0345. The van der Waals surface area contributed by atoms with Gasteiger partial charge in [-0.1, -0.05) is 42.8 Å². The summed E-state index contributed by atoms with van der Waals surface area (Å²) in [6.07, 6.45) is 4.19. The summed E-state index contributed by atoms with van der Waals surface area (Å²) in [6.45, 7) is 4.42. The summed E-state index contributed by atoms with van der Waals surface area (Å²) in [7, 11) is 0. The summed E-state index contributed by atoms with van der Waals surface area (Å²) in [5, 5.41) is 6.37. The van der Waals surface area contributed by atoms with E-state index in [1.54, 1.807) is 17.1 Å². The fourth-order valence-corrected chi connectivity index (χ4v) is 4.14. The Morgan fingerprint density at radius 1 is 1.07 bits per heavy atom. The molecule has 0 bridgehead atoms. The molecule has 2 aliphatic rings. The third-order valence-corrected chi connectivity index (χ3v) is 5.70. The molecule has 4 rings (SSSR count). The third kappa shape index (κ3) is 3.99. The molecule has 2 heterocycles. The van der Waals surface area contributed by atoms with Crippen LogP contribution < -0.4 is 0 Å². The van der Waals surface area contributed by atoms with Gasteiger partial charge in [-0.3, -0.25) is 9.69 Å². The van der Waals surface area contributed by atoms with Crippen LogP contribution in [0.25, 0.3) is 0 Å². The van der Waals surface area contributed by atoms with E-state index in [4.69, 9.17) is 5.10 Å². The number of likely N-dealkylation sites (tertiary alicyclic amines) is 1. The van der Waals surface area contributed by atoms with Crippen molar-refractivity contribution in [3.63, 3.8) is 0 Å². The van der Waals surface area contributed by atoms with E-state index in [2.05, 4.69) is 24.0 Å². The summed E-state index contributed by atoms with van der Waals surface area (Å²) >= 11 is 0. The molecular weight excluding hydrogens is 353 g/mol. The van der Waals surface area contributed by atoms with Gasteiger partial charge < -0.3 is 0 Å². The van der Waals surface area contributed by atoms with Crippen LogP contribution in [-0.2, 0) is 4.79 Å². The lowest BCUT2D eigenvalue weighted by Gasteiger charge is -2.29. The van der Waals surface area contributed by atoms with Crippen LogP contribution in [-0.4, -0.2) is 41.2 Å². The van der Waals surface area contributed by atoms with Gasteiger partial charge >= 0.3 is 0 Å². The summed E-state index contributed by atoms with van der Waals surface area (Å²) in [5.41, 5.74) is 3.97. The molecule has 0 aromatic heterocycles. The number of piperidine rings is 1. The maximum absolute atomic E-state index is 13.3. The average Bonchev–Trinajstić information content (AvgIpc) is 3.15. The van der Waals surface area contributed by atoms with Gasteiger partial charge in [-0.25, -0.2) is 9.40 Å². The predicted molar refractivity (Wildman–Crippen MR) is 109 cm³/mol. The van der Waals surface area contributed by atoms with E-state index in [-0.39, 0.29) is 17.8 Å². The summed E-state index contributed by atoms with van der Waals surface area (Å²) in [5.74, 6) is -0.233. The topological polar surface area (TPSA) is 35.9 Å². The monoisotopic (exact) mass is 379 g/mol. The molecule has 1 fully saturated rings. The number of nitrogens with zero attached hydrogens (tertiary/aromatic N) is 3. The van der Waals surface area contributed by atoms with Gasteiger partial charge in [-0.05, 0) is 61.7 Å². The van der Waals surface area contributed by atoms with Crippen molar-refractivity contribution in [3.8, 4) is 0 Å². The molecule has 0 unspecified atom stereocenters. The van der Waals surface area contributed by atoms with Crippen molar-refractivity contribution in [2.75, 3.05) is 19.6 Å². The first-order chi connectivity index (χ1) is 13.6. The van der Waals surface area contributed by atoms with Crippen molar-refractivity contribution in [1.82, 2.24) is 9.91 Å². The minimum atomic E-state index is -0.268. The van der Waals surface area contributed by atoms with E-state index in [9.17, 15) is 9.18 Å². The highest BCUT2D eigenvalue weighted by Gasteiger charge is 2.34. The molecule has 1 saturated heterocycles. The van der Waals surface area contributed by atoms with Crippen molar-refractivity contribution in [3.05, 3.63) is 71.0 Å². The number of carbonyl (C=O) groups excluding carboxylic acids is 1. The van der Waals surface area contributed by atoms with Crippen molar-refractivity contribution in [2.24, 2.45) is 5.10 Å². The predicted octanol–water partition coefficient (Wildman–Crippen LogP) is 4.30. The second kappa shape index (κ2) is 8.23. The molecule has 0 saturated carbocycles. The summed E-state index contributed by atoms with van der Waals surface area (Å²) in [6, 6.07) is 14.4. The summed E-state index contributed by atoms with van der Waals surface area (Å²) in [4.78, 5) is 15.4. The Bertz CT molecular complexity index is 872. The molecule has 2 aliphatic heterocycles. The zero-order valence-electron chi connectivity index (χ0n) is 16.3. The fraction of sp³-hybridized carbons (Fsp3) is 0.391. The molecule has 1 atom stereocenters. The summed E-state index contributed by atoms with van der Waals surface area (Å²) < 4.78 is 13.3. The molecule has 5 heteroatoms. The van der Waals surface area contributed by atoms with Crippen LogP contribution in [0.3, 0.4) is 0 Å². The van der Waals surface area contributed by atoms with Crippen molar-refractivity contribution < 1.29 is 9.18 Å². The number of amides is 1. The average molecular weight is 379 g/mol. The number of hydrazone groups is 1. The Morgan fingerprint density at radius 2 is 1.79 bits per heavy atom. The highest BCUT2D eigenvalue weighted by molar-refractivity contribution is 6.03. The quantitative estimate of drug-likeness (QED) is 0.794. The lowest BCUT2D eigenvalue weighted by atomic mass is 9.95. The SMILES string of the molecule is Cc1ccccc1[C@H]1CC(c2ccc(F)cc2)=NN1C(=O)CN1CCCCC1. The third-order valence-electron chi connectivity index (χ3n) is 5.70. The fourth-order valence-electron chi connectivity index (χ4n) is 4.14. The molecule has 0 radical (unpaired) electrons. The van der Waals surface area contributed by atoms with Gasteiger partial charge in [0.2, 0.25) is 0 Å². The zero-order valence-corrected chi connectivity index (χ0v) is 16.3.